The van der Waals surface area contributed by atoms with Crippen molar-refractivity contribution in [1.82, 2.24) is 51.1 Å². The molecule has 1 heterocycles. The Morgan fingerprint density at radius 1 is 0.430 bits per heavy atom. The number of nitrogens with two attached hydrogens (primary N) is 5. The second-order valence-corrected chi connectivity index (χ2v) is 30.7. The third-order valence-corrected chi connectivity index (χ3v) is 20.7. The van der Waals surface area contributed by atoms with E-state index >= 15 is 9.59 Å². The summed E-state index contributed by atoms with van der Waals surface area (Å²) in [6.07, 6.45) is 19.6. The lowest BCUT2D eigenvalue weighted by Crippen LogP contribution is -2.55. The fourth-order valence-corrected chi connectivity index (χ4v) is 14.6. The largest absolute Gasteiger partial charge is 0.368 e. The summed E-state index contributed by atoms with van der Waals surface area (Å²) in [6, 6.07) is 33.3. The van der Waals surface area contributed by atoms with Gasteiger partial charge in [-0.1, -0.05) is 225 Å². The first-order chi connectivity index (χ1) is 55.3. The first-order valence-corrected chi connectivity index (χ1v) is 42.4. The molecule has 26 heteroatoms. The zero-order valence-corrected chi connectivity index (χ0v) is 68.3. The number of benzene rings is 4. The molecule has 0 aliphatic carbocycles. The molecule has 15 N–H and O–H groups in total. The van der Waals surface area contributed by atoms with Gasteiger partial charge in [-0.15, -0.1) is 0 Å². The number of nitrogens with zero attached hydrogens (tertiary/aromatic N) is 5. The van der Waals surface area contributed by atoms with Gasteiger partial charge in [0.1, 0.15) is 0 Å². The highest BCUT2D eigenvalue weighted by molar-refractivity contribution is 5.90. The number of hydrogen-bond donors (Lipinski definition) is 10. The number of nitrogens with one attached hydrogen (secondary N) is 5. The minimum atomic E-state index is -0.942. The van der Waals surface area contributed by atoms with Crippen molar-refractivity contribution in [2.75, 3.05) is 91.6 Å². The zero-order valence-electron chi connectivity index (χ0n) is 68.3. The summed E-state index contributed by atoms with van der Waals surface area (Å²) in [7, 11) is 0. The number of amides is 11. The van der Waals surface area contributed by atoms with E-state index in [0.717, 1.165) is 47.9 Å². The lowest BCUT2D eigenvalue weighted by atomic mass is 10.0. The molecule has 0 radical (unpaired) electrons. The molecular formula is C88H137N15O11. The number of unbranched alkanes of at least 4 members (excludes halogenated alkanes) is 15. The van der Waals surface area contributed by atoms with E-state index in [-0.39, 0.29) is 96.2 Å². The Hall–Kier alpha value is -9.11. The second-order valence-electron chi connectivity index (χ2n) is 30.7. The molecule has 0 unspecified atom stereocenters. The molecule has 0 bridgehead atoms. The number of hydrogen-bond acceptors (Lipinski definition) is 15. The zero-order chi connectivity index (χ0) is 82.3. The standard InChI is InChI=1S/C88H137N15O11/c1-2-3-4-5-6-7-8-9-10-11-12-13-26-45-84(110)99(64-78(93)104)59-74(43-28-31-54-90)95-81(107)66-103-63-77(58-72-40-24-17-25-41-72)98-83(109)68-101(87(113)51-48-70-36-20-15-21-37-70)61-75(44-29-32-55-91)96-80(106)65-102(85(111)46-33-56-92)62-76(57-71-38-22-16-23-39-71)97-82(108)67-100(86(112)50-47-69-34-18-14-19-35-69)60-73(42-27-30-53-89)94-79(105)49-52-88(103)114/h14-25,34-41,73-77H,2-13,26-33,42-68,89-92H2,1H3,(H2,93,104)(H,94,105)(H,95,107)(H,96,106)(H,97,108)(H,98,109)/t73-,74-,75-,76-,77-/m0/s1. The van der Waals surface area contributed by atoms with Crippen LogP contribution in [0.25, 0.3) is 0 Å². The normalized spacial score (nSPS) is 17.1. The van der Waals surface area contributed by atoms with Crippen LogP contribution in [0.15, 0.2) is 121 Å². The molecule has 4 aromatic rings. The number of carbonyl (C=O) groups is 11. The summed E-state index contributed by atoms with van der Waals surface area (Å²) in [5, 5.41) is 15.5. The molecule has 11 amide bonds. The number of rotatable bonds is 46. The van der Waals surface area contributed by atoms with Gasteiger partial charge in [-0.2, -0.15) is 0 Å². The van der Waals surface area contributed by atoms with E-state index in [4.69, 9.17) is 28.7 Å². The number of carbonyl (C=O) groups excluding carboxylic acids is 11. The number of aryl methyl sites for hydroxylation is 2. The van der Waals surface area contributed by atoms with Gasteiger partial charge in [0, 0.05) is 89.4 Å². The predicted octanol–water partition coefficient (Wildman–Crippen LogP) is 7.19. The topological polar surface area (TPSA) is 394 Å². The Kier molecular flexibility index (Phi) is 48.4. The maximum absolute atomic E-state index is 15.3. The SMILES string of the molecule is CCCCCCCCCCCCCCCC(=O)N(CC(N)=O)C[C@H](CCCCN)NC(=O)CN1C[C@H](Cc2ccccc2)NC(=O)CN(C(=O)CCc2ccccc2)C[C@H](CCCCN)NC(=O)CN(C(=O)CCCN)C[C@H](Cc2ccccc2)NC(=O)CN(C(=O)CCc2ccccc2)C[C@H](CCCCN)NC(=O)CCC1=O. The lowest BCUT2D eigenvalue weighted by molar-refractivity contribution is -0.139. The van der Waals surface area contributed by atoms with Gasteiger partial charge in [-0.05, 0) is 125 Å². The molecule has 0 aromatic heterocycles. The van der Waals surface area contributed by atoms with Crippen LogP contribution in [-0.2, 0) is 78.4 Å². The number of primary amides is 1. The van der Waals surface area contributed by atoms with Gasteiger partial charge in [-0.25, -0.2) is 0 Å². The van der Waals surface area contributed by atoms with Crippen molar-refractivity contribution in [2.24, 2.45) is 28.7 Å². The summed E-state index contributed by atoms with van der Waals surface area (Å²) in [5.41, 5.74) is 33.2. The molecule has 5 atom stereocenters. The maximum Gasteiger partial charge on any atom is 0.239 e. The van der Waals surface area contributed by atoms with Crippen LogP contribution in [0.5, 0.6) is 0 Å². The van der Waals surface area contributed by atoms with Crippen LogP contribution in [0.4, 0.5) is 0 Å². The highest BCUT2D eigenvalue weighted by Crippen LogP contribution is 2.19. The van der Waals surface area contributed by atoms with E-state index in [9.17, 15) is 43.2 Å². The Morgan fingerprint density at radius 3 is 1.25 bits per heavy atom. The van der Waals surface area contributed by atoms with Gasteiger partial charge >= 0.3 is 0 Å². The third kappa shape index (κ3) is 41.8. The van der Waals surface area contributed by atoms with Crippen molar-refractivity contribution in [3.05, 3.63) is 144 Å². The molecule has 5 rings (SSSR count). The first kappa shape index (κ1) is 95.5. The maximum atomic E-state index is 15.3. The monoisotopic (exact) mass is 1580 g/mol. The highest BCUT2D eigenvalue weighted by atomic mass is 16.2. The average Bonchev–Trinajstić information content (AvgIpc) is 0.865. The van der Waals surface area contributed by atoms with E-state index in [0.29, 0.717) is 103 Å². The fraction of sp³-hybridized carbons (Fsp3) is 0.602. The van der Waals surface area contributed by atoms with Crippen molar-refractivity contribution >= 4 is 65.0 Å². The molecule has 4 aromatic carbocycles. The van der Waals surface area contributed by atoms with Crippen LogP contribution >= 0.6 is 0 Å². The Morgan fingerprint density at radius 2 is 0.816 bits per heavy atom. The van der Waals surface area contributed by atoms with Gasteiger partial charge < -0.3 is 79.8 Å². The summed E-state index contributed by atoms with van der Waals surface area (Å²) in [5.74, 6) is -5.80. The van der Waals surface area contributed by atoms with Gasteiger partial charge in [0.25, 0.3) is 0 Å². The van der Waals surface area contributed by atoms with Crippen molar-refractivity contribution in [1.29, 1.82) is 0 Å². The smallest absolute Gasteiger partial charge is 0.239 e. The van der Waals surface area contributed by atoms with Crippen LogP contribution in [0.1, 0.15) is 215 Å². The van der Waals surface area contributed by atoms with Gasteiger partial charge in [-0.3, -0.25) is 52.7 Å². The van der Waals surface area contributed by atoms with Crippen LogP contribution in [0.3, 0.4) is 0 Å². The van der Waals surface area contributed by atoms with Crippen molar-refractivity contribution < 1.29 is 52.7 Å². The van der Waals surface area contributed by atoms with Crippen LogP contribution in [-0.4, -0.2) is 211 Å². The molecule has 0 spiro atoms. The van der Waals surface area contributed by atoms with E-state index in [1.807, 2.05) is 121 Å². The molecule has 0 saturated carbocycles. The van der Waals surface area contributed by atoms with Crippen molar-refractivity contribution in [3.8, 4) is 0 Å². The molecule has 1 aliphatic heterocycles. The highest BCUT2D eigenvalue weighted by Gasteiger charge is 2.32. The fourth-order valence-electron chi connectivity index (χ4n) is 14.6. The molecule has 630 valence electrons. The molecule has 1 fully saturated rings. The van der Waals surface area contributed by atoms with E-state index < -0.39 is 122 Å². The Bertz CT molecular complexity index is 3430. The summed E-state index contributed by atoms with van der Waals surface area (Å²) in [4.78, 5) is 168. The van der Waals surface area contributed by atoms with E-state index in [1.54, 1.807) is 0 Å². The minimum absolute atomic E-state index is 0.000928. The van der Waals surface area contributed by atoms with Crippen LogP contribution < -0.4 is 55.3 Å². The van der Waals surface area contributed by atoms with E-state index in [2.05, 4.69) is 33.5 Å². The third-order valence-electron chi connectivity index (χ3n) is 20.7. The quantitative estimate of drug-likeness (QED) is 0.0196. The van der Waals surface area contributed by atoms with E-state index in [1.165, 1.54) is 75.9 Å². The van der Waals surface area contributed by atoms with Crippen molar-refractivity contribution in [3.63, 3.8) is 0 Å². The lowest BCUT2D eigenvalue weighted by Gasteiger charge is -2.33. The first-order valence-electron chi connectivity index (χ1n) is 42.4. The summed E-state index contributed by atoms with van der Waals surface area (Å²) in [6.45, 7) is 0.267. The van der Waals surface area contributed by atoms with Gasteiger partial charge in [0.15, 0.2) is 0 Å². The second kappa shape index (κ2) is 57.8. The van der Waals surface area contributed by atoms with Crippen LogP contribution in [0, 0.1) is 0 Å². The Labute approximate surface area is 678 Å². The summed E-state index contributed by atoms with van der Waals surface area (Å²) >= 11 is 0. The molecule has 1 aliphatic rings. The van der Waals surface area contributed by atoms with Gasteiger partial charge in [0.05, 0.1) is 44.8 Å². The minimum Gasteiger partial charge on any atom is -0.368 e. The van der Waals surface area contributed by atoms with Gasteiger partial charge in [0.2, 0.25) is 65.0 Å². The summed E-state index contributed by atoms with van der Waals surface area (Å²) < 4.78 is 0. The molecule has 114 heavy (non-hydrogen) atoms. The molecule has 26 nitrogen and oxygen atoms in total. The molecular weight excluding hydrogens is 1440 g/mol. The predicted molar refractivity (Wildman–Crippen MR) is 448 cm³/mol. The van der Waals surface area contributed by atoms with Crippen molar-refractivity contribution in [2.45, 2.75) is 249 Å². The Balaban J connectivity index is 1.58. The van der Waals surface area contributed by atoms with Crippen LogP contribution in [0.2, 0.25) is 0 Å². The molecule has 1 saturated heterocycles. The average molecular weight is 1580 g/mol.